The van der Waals surface area contributed by atoms with Crippen LogP contribution in [-0.4, -0.2) is 59.3 Å². The summed E-state index contributed by atoms with van der Waals surface area (Å²) in [4.78, 5) is 20.4. The Hall–Kier alpha value is -3.67. The van der Waals surface area contributed by atoms with Gasteiger partial charge in [-0.05, 0) is 68.3 Å². The zero-order chi connectivity index (χ0) is 28.3. The van der Waals surface area contributed by atoms with Gasteiger partial charge in [0.05, 0.1) is 37.5 Å². The predicted octanol–water partition coefficient (Wildman–Crippen LogP) is 5.35. The molecule has 1 saturated heterocycles. The summed E-state index contributed by atoms with van der Waals surface area (Å²) in [6, 6.07) is 18.6. The van der Waals surface area contributed by atoms with Crippen LogP contribution in [-0.2, 0) is 14.8 Å². The number of anilines is 2. The van der Waals surface area contributed by atoms with Crippen molar-refractivity contribution in [3.63, 3.8) is 0 Å². The van der Waals surface area contributed by atoms with Gasteiger partial charge in [-0.15, -0.1) is 0 Å². The number of fused-ring (bicyclic) bond motifs is 1. The molecule has 0 N–H and O–H groups in total. The summed E-state index contributed by atoms with van der Waals surface area (Å²) in [6.45, 7) is 3.02. The van der Waals surface area contributed by atoms with Crippen molar-refractivity contribution >= 4 is 48.3 Å². The molecule has 1 aliphatic rings. The molecule has 40 heavy (non-hydrogen) atoms. The quantitative estimate of drug-likeness (QED) is 0.249. The number of benzene rings is 3. The largest absolute Gasteiger partial charge is 0.495 e. The molecule has 210 valence electrons. The molecule has 0 saturated carbocycles. The zero-order valence-electron chi connectivity index (χ0n) is 22.6. The van der Waals surface area contributed by atoms with E-state index in [9.17, 15) is 13.2 Å². The van der Waals surface area contributed by atoms with E-state index in [1.165, 1.54) is 27.8 Å². The van der Waals surface area contributed by atoms with Crippen LogP contribution in [0, 0.1) is 0 Å². The molecule has 1 atom stereocenters. The van der Waals surface area contributed by atoms with E-state index in [4.69, 9.17) is 19.2 Å². The molecule has 0 bridgehead atoms. The molecule has 1 amide bonds. The van der Waals surface area contributed by atoms with Crippen molar-refractivity contribution in [3.05, 3.63) is 72.3 Å². The Bertz CT molecular complexity index is 1540. The monoisotopic (exact) mass is 581 g/mol. The molecule has 0 aliphatic carbocycles. The summed E-state index contributed by atoms with van der Waals surface area (Å²) in [5.74, 6) is 0.917. The fraction of sp³-hybridized carbons (Fsp3) is 0.310. The highest BCUT2D eigenvalue weighted by molar-refractivity contribution is 7.92. The second-order valence-electron chi connectivity index (χ2n) is 9.22. The number of carbonyl (C=O) groups is 1. The molecule has 1 fully saturated rings. The maximum Gasteiger partial charge on any atom is 0.264 e. The van der Waals surface area contributed by atoms with Crippen LogP contribution in [0.15, 0.2) is 71.6 Å². The highest BCUT2D eigenvalue weighted by atomic mass is 32.2. The van der Waals surface area contributed by atoms with Gasteiger partial charge in [-0.3, -0.25) is 14.0 Å². The van der Waals surface area contributed by atoms with Gasteiger partial charge in [-0.25, -0.2) is 13.4 Å². The van der Waals surface area contributed by atoms with Crippen LogP contribution in [0.25, 0.3) is 10.2 Å². The number of amides is 1. The normalized spacial score (nSPS) is 15.2. The van der Waals surface area contributed by atoms with Gasteiger partial charge in [0, 0.05) is 18.7 Å². The smallest absolute Gasteiger partial charge is 0.264 e. The van der Waals surface area contributed by atoms with Gasteiger partial charge in [0.1, 0.15) is 21.7 Å². The van der Waals surface area contributed by atoms with Crippen LogP contribution in [0.1, 0.15) is 30.1 Å². The molecule has 1 unspecified atom stereocenters. The molecular formula is C29H31N3O6S2. The van der Waals surface area contributed by atoms with E-state index in [0.29, 0.717) is 46.5 Å². The fourth-order valence-corrected chi connectivity index (χ4v) is 7.32. The molecule has 2 heterocycles. The number of thiazole rings is 1. The number of nitrogens with zero attached hydrogens (tertiary/aromatic N) is 3. The van der Waals surface area contributed by atoms with E-state index in [-0.39, 0.29) is 23.5 Å². The highest BCUT2D eigenvalue weighted by Crippen LogP contribution is 2.40. The molecule has 11 heteroatoms. The topological polar surface area (TPSA) is 98.3 Å². The van der Waals surface area contributed by atoms with Crippen LogP contribution >= 0.6 is 11.3 Å². The number of rotatable bonds is 10. The number of aromatic nitrogens is 1. The van der Waals surface area contributed by atoms with Crippen molar-refractivity contribution < 1.29 is 27.4 Å². The lowest BCUT2D eigenvalue weighted by Gasteiger charge is -2.24. The molecule has 5 rings (SSSR count). The van der Waals surface area contributed by atoms with E-state index in [0.717, 1.165) is 17.5 Å². The summed E-state index contributed by atoms with van der Waals surface area (Å²) < 4.78 is 45.9. The number of ether oxygens (including phenoxy) is 3. The van der Waals surface area contributed by atoms with Crippen molar-refractivity contribution in [1.29, 1.82) is 0 Å². The molecule has 0 radical (unpaired) electrons. The highest BCUT2D eigenvalue weighted by Gasteiger charge is 2.29. The van der Waals surface area contributed by atoms with Crippen molar-refractivity contribution in [3.8, 4) is 11.5 Å². The van der Waals surface area contributed by atoms with Crippen LogP contribution < -0.4 is 18.7 Å². The van der Waals surface area contributed by atoms with Crippen molar-refractivity contribution in [2.45, 2.75) is 30.8 Å². The summed E-state index contributed by atoms with van der Waals surface area (Å²) in [7, 11) is -0.662. The van der Waals surface area contributed by atoms with Gasteiger partial charge in [-0.2, -0.15) is 0 Å². The lowest BCUT2D eigenvalue weighted by atomic mass is 10.2. The third kappa shape index (κ3) is 5.36. The standard InChI is InChI=1S/C29H31N3O6S2/c1-4-32(21-9-6-5-7-10-21)40(34,35)23-14-12-20(13-15-23)28(33)31(19-22-11-8-18-38-22)29-30-26-24(36-2)16-17-25(37-3)27(26)39-29/h5-7,9-10,12-17,22H,4,8,11,18-19H2,1-3H3. The minimum atomic E-state index is -3.82. The Morgan fingerprint density at radius 1 is 1.02 bits per heavy atom. The lowest BCUT2D eigenvalue weighted by Crippen LogP contribution is -2.37. The first kappa shape index (κ1) is 27.9. The average molecular weight is 582 g/mol. The summed E-state index contributed by atoms with van der Waals surface area (Å²) in [5, 5.41) is 0.483. The Labute approximate surface area is 238 Å². The van der Waals surface area contributed by atoms with Crippen molar-refractivity contribution in [2.24, 2.45) is 0 Å². The van der Waals surface area contributed by atoms with Gasteiger partial charge < -0.3 is 14.2 Å². The first-order chi connectivity index (χ1) is 19.4. The number of hydrogen-bond donors (Lipinski definition) is 0. The van der Waals surface area contributed by atoms with E-state index in [1.54, 1.807) is 68.5 Å². The predicted molar refractivity (Wildman–Crippen MR) is 156 cm³/mol. The van der Waals surface area contributed by atoms with E-state index in [2.05, 4.69) is 0 Å². The van der Waals surface area contributed by atoms with Crippen LogP contribution in [0.5, 0.6) is 11.5 Å². The zero-order valence-corrected chi connectivity index (χ0v) is 24.2. The Morgan fingerprint density at radius 3 is 2.35 bits per heavy atom. The van der Waals surface area contributed by atoms with Crippen LogP contribution in [0.2, 0.25) is 0 Å². The van der Waals surface area contributed by atoms with Crippen molar-refractivity contribution in [2.75, 3.05) is 43.1 Å². The molecule has 0 spiro atoms. The Kier molecular flexibility index (Phi) is 8.24. The lowest BCUT2D eigenvalue weighted by molar-refractivity contribution is 0.0917. The third-order valence-corrected chi connectivity index (χ3v) is 9.82. The maximum atomic E-state index is 13.9. The van der Waals surface area contributed by atoms with Gasteiger partial charge in [-0.1, -0.05) is 29.5 Å². The number of hydrogen-bond acceptors (Lipinski definition) is 8. The van der Waals surface area contributed by atoms with Crippen LogP contribution in [0.3, 0.4) is 0 Å². The van der Waals surface area contributed by atoms with E-state index < -0.39 is 10.0 Å². The maximum absolute atomic E-state index is 13.9. The minimum absolute atomic E-state index is 0.106. The van der Waals surface area contributed by atoms with Gasteiger partial charge in [0.15, 0.2) is 5.13 Å². The second kappa shape index (κ2) is 11.8. The number of methoxy groups -OCH3 is 2. The van der Waals surface area contributed by atoms with Gasteiger partial charge in [0.2, 0.25) is 0 Å². The summed E-state index contributed by atoms with van der Waals surface area (Å²) >= 11 is 1.34. The Morgan fingerprint density at radius 2 is 1.73 bits per heavy atom. The average Bonchev–Trinajstić information content (AvgIpc) is 3.66. The van der Waals surface area contributed by atoms with E-state index in [1.807, 2.05) is 12.1 Å². The van der Waals surface area contributed by atoms with Crippen LogP contribution in [0.4, 0.5) is 10.8 Å². The molecule has 9 nitrogen and oxygen atoms in total. The summed E-state index contributed by atoms with van der Waals surface area (Å²) in [6.07, 6.45) is 1.64. The van der Waals surface area contributed by atoms with Crippen molar-refractivity contribution in [1.82, 2.24) is 4.98 Å². The molecule has 3 aromatic carbocycles. The fourth-order valence-electron chi connectivity index (χ4n) is 4.77. The number of sulfonamides is 1. The molecule has 4 aromatic rings. The SMILES string of the molecule is CCN(c1ccccc1)S(=O)(=O)c1ccc(C(=O)N(CC2CCCO2)c2nc3c(OC)ccc(OC)c3s2)cc1. The van der Waals surface area contributed by atoms with Gasteiger partial charge in [0.25, 0.3) is 15.9 Å². The molecule has 1 aliphatic heterocycles. The third-order valence-electron chi connectivity index (χ3n) is 6.81. The number of para-hydroxylation sites is 1. The second-order valence-corrected chi connectivity index (χ2v) is 12.1. The first-order valence-corrected chi connectivity index (χ1v) is 15.3. The van der Waals surface area contributed by atoms with Gasteiger partial charge >= 0.3 is 0 Å². The first-order valence-electron chi connectivity index (χ1n) is 13.0. The molecule has 1 aromatic heterocycles. The minimum Gasteiger partial charge on any atom is -0.495 e. The van der Waals surface area contributed by atoms with E-state index >= 15 is 0 Å². The number of carbonyl (C=O) groups excluding carboxylic acids is 1. The Balaban J connectivity index is 1.49. The molecular weight excluding hydrogens is 550 g/mol. The summed E-state index contributed by atoms with van der Waals surface area (Å²) in [5.41, 5.74) is 1.53.